The van der Waals surface area contributed by atoms with Crippen molar-refractivity contribution in [2.75, 3.05) is 6.61 Å². The van der Waals surface area contributed by atoms with Crippen LogP contribution in [0.25, 0.3) is 0 Å². The Bertz CT molecular complexity index is 854. The van der Waals surface area contributed by atoms with Gasteiger partial charge in [0.05, 0.1) is 0 Å². The van der Waals surface area contributed by atoms with Gasteiger partial charge in [0.1, 0.15) is 5.60 Å². The van der Waals surface area contributed by atoms with Gasteiger partial charge in [-0.25, -0.2) is 0 Å². The lowest BCUT2D eigenvalue weighted by atomic mass is 9.50. The van der Waals surface area contributed by atoms with Gasteiger partial charge >= 0.3 is 5.97 Å². The van der Waals surface area contributed by atoms with Gasteiger partial charge in [-0.05, 0) is 55.9 Å². The summed E-state index contributed by atoms with van der Waals surface area (Å²) in [6.45, 7) is 7.28. The predicted octanol–water partition coefficient (Wildman–Crippen LogP) is 3.94. The summed E-state index contributed by atoms with van der Waals surface area (Å²) in [5.74, 6) is -0.233. The van der Waals surface area contributed by atoms with Gasteiger partial charge < -0.3 is 9.84 Å². The quantitative estimate of drug-likeness (QED) is 0.557. The van der Waals surface area contributed by atoms with Crippen molar-refractivity contribution >= 4 is 17.5 Å². The third-order valence-electron chi connectivity index (χ3n) is 9.05. The van der Waals surface area contributed by atoms with Crippen LogP contribution in [0, 0.1) is 28.6 Å². The molecular weight excluding hydrogens is 380 g/mol. The van der Waals surface area contributed by atoms with Crippen molar-refractivity contribution in [3.63, 3.8) is 0 Å². The summed E-state index contributed by atoms with van der Waals surface area (Å²) in [6.07, 6.45) is 9.63. The number of allylic oxidation sites excluding steroid dienone is 4. The van der Waals surface area contributed by atoms with Gasteiger partial charge in [0.2, 0.25) is 5.78 Å². The third-order valence-corrected chi connectivity index (χ3v) is 9.05. The number of carbonyl (C=O) groups is 3. The number of aliphatic hydroxyl groups is 1. The van der Waals surface area contributed by atoms with E-state index in [4.69, 9.17) is 4.74 Å². The summed E-state index contributed by atoms with van der Waals surface area (Å²) in [4.78, 5) is 36.5. The molecule has 0 heterocycles. The van der Waals surface area contributed by atoms with E-state index in [2.05, 4.69) is 19.9 Å². The summed E-state index contributed by atoms with van der Waals surface area (Å²) in [5.41, 5.74) is 0.560. The minimum absolute atomic E-state index is 0.0671. The van der Waals surface area contributed by atoms with E-state index in [9.17, 15) is 19.5 Å². The van der Waals surface area contributed by atoms with E-state index in [-0.39, 0.29) is 35.4 Å². The number of ether oxygens (including phenoxy) is 1. The van der Waals surface area contributed by atoms with Gasteiger partial charge in [-0.2, -0.15) is 0 Å². The zero-order chi connectivity index (χ0) is 21.9. The second kappa shape index (κ2) is 7.15. The Hall–Kier alpha value is -1.75. The van der Waals surface area contributed by atoms with E-state index in [1.54, 1.807) is 0 Å². The van der Waals surface area contributed by atoms with Crippen LogP contribution in [-0.4, -0.2) is 34.9 Å². The number of hydrogen-bond acceptors (Lipinski definition) is 5. The van der Waals surface area contributed by atoms with Crippen LogP contribution >= 0.6 is 0 Å². The molecule has 4 rings (SSSR count). The Morgan fingerprint density at radius 1 is 1.27 bits per heavy atom. The van der Waals surface area contributed by atoms with E-state index in [0.29, 0.717) is 25.2 Å². The third kappa shape index (κ3) is 2.80. The highest BCUT2D eigenvalue weighted by atomic mass is 16.5. The maximum Gasteiger partial charge on any atom is 0.303 e. The van der Waals surface area contributed by atoms with Crippen molar-refractivity contribution < 1.29 is 24.2 Å². The van der Waals surface area contributed by atoms with Crippen LogP contribution in [0.5, 0.6) is 0 Å². The second-order valence-corrected chi connectivity index (χ2v) is 10.3. The molecule has 2 fully saturated rings. The molecule has 4 aliphatic rings. The summed E-state index contributed by atoms with van der Waals surface area (Å²) >= 11 is 0. The largest absolute Gasteiger partial charge is 0.458 e. The molecule has 164 valence electrons. The average molecular weight is 415 g/mol. The molecule has 5 heteroatoms. The van der Waals surface area contributed by atoms with Crippen molar-refractivity contribution in [3.05, 3.63) is 23.3 Å². The number of carbonyl (C=O) groups excluding carboxylic acids is 3. The van der Waals surface area contributed by atoms with Gasteiger partial charge in [0.15, 0.2) is 12.4 Å². The lowest BCUT2D eigenvalue weighted by molar-refractivity contribution is -0.168. The summed E-state index contributed by atoms with van der Waals surface area (Å²) in [5, 5.41) is 11.9. The molecule has 3 unspecified atom stereocenters. The van der Waals surface area contributed by atoms with Crippen LogP contribution in [0.1, 0.15) is 72.6 Å². The minimum atomic E-state index is -1.48. The molecular formula is C25H34O5. The fraction of sp³-hybridized carbons (Fsp3) is 0.720. The maximum atomic E-state index is 13.2. The summed E-state index contributed by atoms with van der Waals surface area (Å²) < 4.78 is 5.00. The van der Waals surface area contributed by atoms with Crippen molar-refractivity contribution in [2.24, 2.45) is 28.6 Å². The number of Topliss-reactive ketones (excluding diaryl/α,β-unsaturated/α-hetero) is 1. The predicted molar refractivity (Wildman–Crippen MR) is 112 cm³/mol. The Kier molecular flexibility index (Phi) is 5.12. The first kappa shape index (κ1) is 21.5. The van der Waals surface area contributed by atoms with Crippen LogP contribution in [0.2, 0.25) is 0 Å². The van der Waals surface area contributed by atoms with Crippen LogP contribution in [-0.2, 0) is 19.1 Å². The van der Waals surface area contributed by atoms with E-state index in [1.807, 2.05) is 13.0 Å². The molecule has 0 aliphatic heterocycles. The molecule has 6 atom stereocenters. The van der Waals surface area contributed by atoms with E-state index < -0.39 is 17.0 Å². The molecule has 0 aromatic carbocycles. The number of fused-ring (bicyclic) bond motifs is 5. The van der Waals surface area contributed by atoms with Gasteiger partial charge in [-0.3, -0.25) is 14.4 Å². The Balaban J connectivity index is 1.72. The first-order valence-electron chi connectivity index (χ1n) is 11.4. The molecule has 1 N–H and O–H groups in total. The highest BCUT2D eigenvalue weighted by molar-refractivity contribution is 5.92. The van der Waals surface area contributed by atoms with Crippen LogP contribution in [0.15, 0.2) is 23.3 Å². The molecule has 0 spiro atoms. The SMILES string of the molecule is CCC1CC2C3CCC4=CC(=O)CC[C@]4(C)C3=CC[C@]2(C)[C@@]1(O)C(=O)COC(C)=O. The Labute approximate surface area is 178 Å². The molecule has 0 bridgehead atoms. The molecule has 0 amide bonds. The second-order valence-electron chi connectivity index (χ2n) is 10.3. The molecule has 0 radical (unpaired) electrons. The number of ketones is 2. The zero-order valence-corrected chi connectivity index (χ0v) is 18.6. The lowest BCUT2D eigenvalue weighted by Crippen LogP contribution is -2.58. The van der Waals surface area contributed by atoms with Gasteiger partial charge in [-0.1, -0.05) is 44.4 Å². The molecule has 30 heavy (non-hydrogen) atoms. The van der Waals surface area contributed by atoms with Crippen molar-refractivity contribution in [1.82, 2.24) is 0 Å². The lowest BCUT2D eigenvalue weighted by Gasteiger charge is -2.54. The first-order chi connectivity index (χ1) is 14.1. The highest BCUT2D eigenvalue weighted by Gasteiger charge is 2.67. The Morgan fingerprint density at radius 3 is 2.67 bits per heavy atom. The first-order valence-corrected chi connectivity index (χ1v) is 11.4. The molecule has 0 saturated heterocycles. The Morgan fingerprint density at radius 2 is 2.00 bits per heavy atom. The number of esters is 1. The van der Waals surface area contributed by atoms with Gasteiger partial charge in [0.25, 0.3) is 0 Å². The van der Waals surface area contributed by atoms with E-state index in [1.165, 1.54) is 18.1 Å². The number of hydrogen-bond donors (Lipinski definition) is 1. The highest BCUT2D eigenvalue weighted by Crippen LogP contribution is 2.67. The normalized spacial score (nSPS) is 42.4. The maximum absolute atomic E-state index is 13.2. The molecule has 5 nitrogen and oxygen atoms in total. The van der Waals surface area contributed by atoms with Crippen LogP contribution in [0.4, 0.5) is 0 Å². The summed E-state index contributed by atoms with van der Waals surface area (Å²) in [7, 11) is 0. The monoisotopic (exact) mass is 414 g/mol. The fourth-order valence-corrected chi connectivity index (χ4v) is 7.32. The minimum Gasteiger partial charge on any atom is -0.458 e. The van der Waals surface area contributed by atoms with Gasteiger partial charge in [-0.15, -0.1) is 0 Å². The molecule has 0 aromatic rings. The van der Waals surface area contributed by atoms with Crippen molar-refractivity contribution in [2.45, 2.75) is 78.2 Å². The van der Waals surface area contributed by atoms with Crippen molar-refractivity contribution in [3.8, 4) is 0 Å². The smallest absolute Gasteiger partial charge is 0.303 e. The van der Waals surface area contributed by atoms with E-state index in [0.717, 1.165) is 25.7 Å². The summed E-state index contributed by atoms with van der Waals surface area (Å²) in [6, 6.07) is 0. The molecule has 2 saturated carbocycles. The molecule has 0 aromatic heterocycles. The van der Waals surface area contributed by atoms with Crippen LogP contribution in [0.3, 0.4) is 0 Å². The van der Waals surface area contributed by atoms with Gasteiger partial charge in [0, 0.05) is 24.2 Å². The van der Waals surface area contributed by atoms with Crippen molar-refractivity contribution in [1.29, 1.82) is 0 Å². The zero-order valence-electron chi connectivity index (χ0n) is 18.6. The average Bonchev–Trinajstić information content (AvgIpc) is 2.94. The number of rotatable bonds is 4. The topological polar surface area (TPSA) is 80.7 Å². The van der Waals surface area contributed by atoms with Crippen LogP contribution < -0.4 is 0 Å². The standard InChI is InChI=1S/C25H34O5/c1-5-16-13-21-19-7-6-17-12-18(27)8-10-23(17,3)20(19)9-11-24(21,4)25(16,29)22(28)14-30-15(2)26/h9,12,16,19,21,29H,5-8,10-11,13-14H2,1-4H3/t16?,19?,21?,23-,24-,25-/m0/s1. The fourth-order valence-electron chi connectivity index (χ4n) is 7.32. The molecule has 4 aliphatic carbocycles. The van der Waals surface area contributed by atoms with E-state index >= 15 is 0 Å².